The second kappa shape index (κ2) is 9.18. The maximum absolute atomic E-state index is 13.7. The van der Waals surface area contributed by atoms with Crippen LogP contribution in [0.4, 0.5) is 21.5 Å². The van der Waals surface area contributed by atoms with Gasteiger partial charge in [-0.1, -0.05) is 6.07 Å². The number of carbonyl (C=O) groups is 1. The van der Waals surface area contributed by atoms with E-state index in [2.05, 4.69) is 10.6 Å². The largest absolute Gasteiger partial charge is 0.380 e. The molecule has 1 saturated carbocycles. The zero-order valence-corrected chi connectivity index (χ0v) is 17.7. The van der Waals surface area contributed by atoms with Crippen LogP contribution in [0.15, 0.2) is 27.8 Å². The van der Waals surface area contributed by atoms with Crippen LogP contribution in [-0.2, 0) is 9.53 Å². The number of halogens is 1. The molecule has 2 aliphatic rings. The Bertz CT molecular complexity index is 1020. The third-order valence-corrected chi connectivity index (χ3v) is 6.44. The summed E-state index contributed by atoms with van der Waals surface area (Å²) in [6.45, 7) is 4.64. The van der Waals surface area contributed by atoms with Gasteiger partial charge < -0.3 is 20.3 Å². The minimum Gasteiger partial charge on any atom is -0.380 e. The third kappa shape index (κ3) is 4.63. The highest BCUT2D eigenvalue weighted by Gasteiger charge is 2.30. The van der Waals surface area contributed by atoms with Crippen LogP contribution < -0.4 is 26.4 Å². The van der Waals surface area contributed by atoms with E-state index in [0.29, 0.717) is 61.4 Å². The molecule has 2 aromatic carbocycles. The van der Waals surface area contributed by atoms with Gasteiger partial charge in [-0.15, -0.1) is 0 Å². The lowest BCUT2D eigenvalue weighted by molar-refractivity contribution is -0.121. The lowest BCUT2D eigenvalue weighted by Gasteiger charge is -2.32. The van der Waals surface area contributed by atoms with Crippen molar-refractivity contribution in [1.82, 2.24) is 0 Å². The highest BCUT2D eigenvalue weighted by molar-refractivity contribution is 5.92. The molecule has 2 fully saturated rings. The van der Waals surface area contributed by atoms with Crippen LogP contribution in [0.5, 0.6) is 0 Å². The predicted molar refractivity (Wildman–Crippen MR) is 118 cm³/mol. The summed E-state index contributed by atoms with van der Waals surface area (Å²) in [6.07, 6.45) is 3.20. The highest BCUT2D eigenvalue weighted by Crippen LogP contribution is 2.31. The summed E-state index contributed by atoms with van der Waals surface area (Å²) in [5.74, 6) is -0.174. The number of benzene rings is 1. The van der Waals surface area contributed by atoms with E-state index >= 15 is 0 Å². The number of ether oxygens (including phenoxy) is 1. The van der Waals surface area contributed by atoms with Crippen LogP contribution in [0.2, 0.25) is 0 Å². The molecule has 0 spiro atoms. The number of hydrogen-bond donors (Lipinski definition) is 2. The second-order valence-electron chi connectivity index (χ2n) is 8.53. The first-order valence-corrected chi connectivity index (χ1v) is 10.9. The van der Waals surface area contributed by atoms with Crippen molar-refractivity contribution in [3.8, 4) is 0 Å². The highest BCUT2D eigenvalue weighted by atomic mass is 19.1. The molecule has 1 amide bonds. The number of hydrogen-bond acceptors (Lipinski definition) is 6. The lowest BCUT2D eigenvalue weighted by Crippen LogP contribution is -2.47. The number of anilines is 3. The molecule has 0 radical (unpaired) electrons. The molecule has 1 aliphatic carbocycles. The first kappa shape index (κ1) is 21.5. The van der Waals surface area contributed by atoms with Crippen molar-refractivity contribution in [2.45, 2.75) is 32.6 Å². The van der Waals surface area contributed by atoms with Gasteiger partial charge in [0.05, 0.1) is 13.2 Å². The molecular formula is C23H28FN3O4. The van der Waals surface area contributed by atoms with Gasteiger partial charge in [0.2, 0.25) is 5.91 Å². The smallest absolute Gasteiger partial charge is 0.253 e. The van der Waals surface area contributed by atoms with E-state index in [-0.39, 0.29) is 17.6 Å². The molecule has 0 bridgehead atoms. The van der Waals surface area contributed by atoms with Crippen molar-refractivity contribution in [2.24, 2.45) is 11.8 Å². The van der Waals surface area contributed by atoms with E-state index in [0.717, 1.165) is 25.7 Å². The number of morpholine rings is 1. The minimum absolute atomic E-state index is 0.0771. The molecule has 166 valence electrons. The Morgan fingerprint density at radius 3 is 2.52 bits per heavy atom. The Hall–Kier alpha value is -2.74. The predicted octanol–water partition coefficient (Wildman–Crippen LogP) is 2.42. The van der Waals surface area contributed by atoms with Crippen LogP contribution in [0.3, 0.4) is 0 Å². The molecule has 8 heteroatoms. The van der Waals surface area contributed by atoms with Crippen molar-refractivity contribution in [2.75, 3.05) is 48.4 Å². The van der Waals surface area contributed by atoms with Crippen LogP contribution in [-0.4, -0.2) is 38.8 Å². The molecule has 4 rings (SSSR count). The van der Waals surface area contributed by atoms with E-state index in [4.69, 9.17) is 4.74 Å². The molecule has 2 N–H and O–H groups in total. The molecule has 31 heavy (non-hydrogen) atoms. The van der Waals surface area contributed by atoms with Crippen molar-refractivity contribution in [3.05, 3.63) is 50.0 Å². The fraction of sp³-hybridized carbons (Fsp3) is 0.522. The van der Waals surface area contributed by atoms with E-state index in [9.17, 15) is 18.8 Å². The summed E-state index contributed by atoms with van der Waals surface area (Å²) in [5.41, 5.74) is 1.08. The number of nitrogens with one attached hydrogen (secondary N) is 2. The minimum atomic E-state index is -0.445. The van der Waals surface area contributed by atoms with Gasteiger partial charge in [0.1, 0.15) is 17.2 Å². The molecule has 0 atom stereocenters. The zero-order chi connectivity index (χ0) is 22.0. The van der Waals surface area contributed by atoms with Gasteiger partial charge in [-0.2, -0.15) is 0 Å². The van der Waals surface area contributed by atoms with Crippen LogP contribution >= 0.6 is 0 Å². The fourth-order valence-electron chi connectivity index (χ4n) is 4.42. The average Bonchev–Trinajstić information content (AvgIpc) is 2.79. The van der Waals surface area contributed by atoms with Gasteiger partial charge in [0.15, 0.2) is 0 Å². The van der Waals surface area contributed by atoms with Gasteiger partial charge in [-0.25, -0.2) is 4.39 Å². The quantitative estimate of drug-likeness (QED) is 0.686. The maximum atomic E-state index is 13.7. The Labute approximate surface area is 180 Å². The van der Waals surface area contributed by atoms with E-state index in [1.807, 2.05) is 4.90 Å². The Morgan fingerprint density at radius 2 is 1.84 bits per heavy atom. The van der Waals surface area contributed by atoms with Crippen LogP contribution in [0, 0.1) is 24.6 Å². The van der Waals surface area contributed by atoms with E-state index in [1.165, 1.54) is 6.07 Å². The summed E-state index contributed by atoms with van der Waals surface area (Å²) in [6, 6.07) is 4.71. The van der Waals surface area contributed by atoms with Gasteiger partial charge in [-0.3, -0.25) is 14.4 Å². The molecule has 0 unspecified atom stereocenters. The summed E-state index contributed by atoms with van der Waals surface area (Å²) >= 11 is 0. The molecule has 0 aromatic heterocycles. The summed E-state index contributed by atoms with van der Waals surface area (Å²) in [4.78, 5) is 38.5. The number of amides is 1. The zero-order valence-electron chi connectivity index (χ0n) is 17.7. The number of aryl methyl sites for hydroxylation is 1. The third-order valence-electron chi connectivity index (χ3n) is 6.44. The molecule has 1 aliphatic heterocycles. The topological polar surface area (TPSA) is 87.7 Å². The normalized spacial score (nSPS) is 21.8. The van der Waals surface area contributed by atoms with Gasteiger partial charge in [-0.05, 0) is 56.2 Å². The molecule has 1 heterocycles. The standard InChI is InChI=1S/C23H28FN3O4/c1-14-2-7-17(12-18(14)24)26-23(30)16-5-3-15(4-6-16)13-25-19-20(22(29)21(19)28)27-8-10-31-11-9-27/h2,7,12,15-16,25H,3-6,8-11,13H2,1H3,(H,26,30). The summed E-state index contributed by atoms with van der Waals surface area (Å²) in [5, 5.41) is 6.01. The van der Waals surface area contributed by atoms with Crippen molar-refractivity contribution < 1.29 is 13.9 Å². The monoisotopic (exact) mass is 429 g/mol. The molecule has 1 saturated heterocycles. The summed E-state index contributed by atoms with van der Waals surface area (Å²) < 4.78 is 19.0. The SMILES string of the molecule is Cc1ccc(NC(=O)C2CCC(CNc3c(N4CCOCC4)c(=O)c3=O)CC2)cc1F. The number of nitrogens with zero attached hydrogens (tertiary/aromatic N) is 1. The second-order valence-corrected chi connectivity index (χ2v) is 8.53. The van der Waals surface area contributed by atoms with Crippen LogP contribution in [0.25, 0.3) is 0 Å². The first-order chi connectivity index (χ1) is 14.9. The first-order valence-electron chi connectivity index (χ1n) is 10.9. The Morgan fingerprint density at radius 1 is 1.13 bits per heavy atom. The fourth-order valence-corrected chi connectivity index (χ4v) is 4.42. The van der Waals surface area contributed by atoms with Gasteiger partial charge in [0, 0.05) is 31.2 Å². The number of rotatable bonds is 6. The van der Waals surface area contributed by atoms with Crippen molar-refractivity contribution in [3.63, 3.8) is 0 Å². The van der Waals surface area contributed by atoms with Crippen molar-refractivity contribution >= 4 is 23.0 Å². The molecule has 2 aromatic rings. The Kier molecular flexibility index (Phi) is 6.36. The van der Waals surface area contributed by atoms with E-state index in [1.54, 1.807) is 19.1 Å². The lowest BCUT2D eigenvalue weighted by atomic mass is 9.81. The average molecular weight is 429 g/mol. The van der Waals surface area contributed by atoms with E-state index < -0.39 is 10.9 Å². The Balaban J connectivity index is 1.27. The van der Waals surface area contributed by atoms with Crippen molar-refractivity contribution in [1.29, 1.82) is 0 Å². The van der Waals surface area contributed by atoms with Gasteiger partial charge >= 0.3 is 0 Å². The summed E-state index contributed by atoms with van der Waals surface area (Å²) in [7, 11) is 0. The number of carbonyl (C=O) groups excluding carboxylic acids is 1. The maximum Gasteiger partial charge on any atom is 0.253 e. The van der Waals surface area contributed by atoms with Gasteiger partial charge in [0.25, 0.3) is 10.9 Å². The molecule has 7 nitrogen and oxygen atoms in total. The van der Waals surface area contributed by atoms with Crippen LogP contribution in [0.1, 0.15) is 31.2 Å². The molecular weight excluding hydrogens is 401 g/mol.